The predicted molar refractivity (Wildman–Crippen MR) is 59.2 cm³/mol. The lowest BCUT2D eigenvalue weighted by molar-refractivity contribution is 0.0923. The van der Waals surface area contributed by atoms with Crippen LogP contribution in [0.15, 0.2) is 15.9 Å². The Bertz CT molecular complexity index is 314. The second-order valence-electron chi connectivity index (χ2n) is 3.83. The third kappa shape index (κ3) is 3.48. The van der Waals surface area contributed by atoms with Crippen molar-refractivity contribution in [2.45, 2.75) is 26.3 Å². The lowest BCUT2D eigenvalue weighted by atomic mass is 10.1. The van der Waals surface area contributed by atoms with Gasteiger partial charge in [0.15, 0.2) is 0 Å². The van der Waals surface area contributed by atoms with Gasteiger partial charge in [0.25, 0.3) is 5.91 Å². The number of carbonyl (C=O) groups is 1. The molecule has 1 rings (SSSR count). The van der Waals surface area contributed by atoms with Gasteiger partial charge in [-0.1, -0.05) is 0 Å². The highest BCUT2D eigenvalue weighted by Crippen LogP contribution is 2.20. The largest absolute Gasteiger partial charge is 0.347 e. The molecule has 0 unspecified atom stereocenters. The van der Waals surface area contributed by atoms with Gasteiger partial charge in [-0.05, 0) is 42.8 Å². The van der Waals surface area contributed by atoms with Crippen molar-refractivity contribution in [2.24, 2.45) is 0 Å². The molecule has 0 aliphatic rings. The minimum Gasteiger partial charge on any atom is -0.347 e. The summed E-state index contributed by atoms with van der Waals surface area (Å²) >= 11 is 4.75. The summed E-state index contributed by atoms with van der Waals surface area (Å²) in [4.78, 5) is 12.3. The lowest BCUT2D eigenvalue weighted by Gasteiger charge is -2.19. The Morgan fingerprint density at radius 3 is 2.54 bits per heavy atom. The highest BCUT2D eigenvalue weighted by molar-refractivity contribution is 9.10. The van der Waals surface area contributed by atoms with E-state index in [1.54, 1.807) is 0 Å². The molecule has 1 heterocycles. The number of halogens is 1. The van der Waals surface area contributed by atoms with Gasteiger partial charge in [-0.25, -0.2) is 0 Å². The highest BCUT2D eigenvalue weighted by Gasteiger charge is 2.16. The molecule has 1 N–H and O–H groups in total. The van der Waals surface area contributed by atoms with Crippen LogP contribution < -0.4 is 5.32 Å². The number of nitrogens with one attached hydrogen (secondary N) is 1. The van der Waals surface area contributed by atoms with E-state index in [0.29, 0.717) is 0 Å². The van der Waals surface area contributed by atoms with Crippen molar-refractivity contribution in [1.82, 2.24) is 5.32 Å². The molecule has 0 aliphatic carbocycles. The number of thiophene rings is 1. The van der Waals surface area contributed by atoms with E-state index in [2.05, 4.69) is 21.2 Å². The van der Waals surface area contributed by atoms with Crippen LogP contribution >= 0.6 is 27.3 Å². The molecular formula is C9H12BrNOS. The Labute approximate surface area is 90.5 Å². The maximum absolute atomic E-state index is 11.6. The number of hydrogen-bond acceptors (Lipinski definition) is 2. The third-order valence-corrected chi connectivity index (χ3v) is 2.97. The smallest absolute Gasteiger partial charge is 0.261 e. The van der Waals surface area contributed by atoms with E-state index in [1.807, 2.05) is 32.2 Å². The number of rotatable bonds is 1. The van der Waals surface area contributed by atoms with Gasteiger partial charge >= 0.3 is 0 Å². The molecule has 2 nitrogen and oxygen atoms in total. The van der Waals surface area contributed by atoms with E-state index in [4.69, 9.17) is 0 Å². The van der Waals surface area contributed by atoms with Crippen molar-refractivity contribution in [3.8, 4) is 0 Å². The van der Waals surface area contributed by atoms with Crippen molar-refractivity contribution in [3.63, 3.8) is 0 Å². The Kier molecular flexibility index (Phi) is 3.14. The summed E-state index contributed by atoms with van der Waals surface area (Å²) in [5.74, 6) is -0.0109. The molecule has 1 aromatic heterocycles. The monoisotopic (exact) mass is 261 g/mol. The summed E-state index contributed by atoms with van der Waals surface area (Å²) in [5.41, 5.74) is -0.173. The van der Waals surface area contributed by atoms with Crippen LogP contribution in [0.3, 0.4) is 0 Å². The van der Waals surface area contributed by atoms with E-state index in [0.717, 1.165) is 9.35 Å². The van der Waals surface area contributed by atoms with Crippen molar-refractivity contribution < 1.29 is 4.79 Å². The van der Waals surface area contributed by atoms with Crippen molar-refractivity contribution in [3.05, 3.63) is 20.8 Å². The zero-order valence-corrected chi connectivity index (χ0v) is 10.3. The van der Waals surface area contributed by atoms with Crippen LogP contribution in [0, 0.1) is 0 Å². The molecule has 13 heavy (non-hydrogen) atoms. The van der Waals surface area contributed by atoms with Crippen LogP contribution in [0.2, 0.25) is 0 Å². The van der Waals surface area contributed by atoms with Crippen LogP contribution in [-0.2, 0) is 0 Å². The summed E-state index contributed by atoms with van der Waals surface area (Å²) in [6.07, 6.45) is 0. The maximum Gasteiger partial charge on any atom is 0.261 e. The normalized spacial score (nSPS) is 11.4. The first kappa shape index (κ1) is 10.7. The first-order valence-electron chi connectivity index (χ1n) is 3.95. The molecule has 72 valence electrons. The fourth-order valence-corrected chi connectivity index (χ4v) is 2.16. The molecule has 1 aromatic rings. The van der Waals surface area contributed by atoms with Crippen LogP contribution in [-0.4, -0.2) is 11.4 Å². The minimum absolute atomic E-state index is 0.0109. The molecule has 0 atom stereocenters. The topological polar surface area (TPSA) is 29.1 Å². The lowest BCUT2D eigenvalue weighted by Crippen LogP contribution is -2.40. The predicted octanol–water partition coefficient (Wildman–Crippen LogP) is 3.04. The average molecular weight is 262 g/mol. The SMILES string of the molecule is CC(C)(C)NC(=O)c1cc(Br)cs1. The molecule has 0 fully saturated rings. The first-order valence-corrected chi connectivity index (χ1v) is 5.62. The molecule has 0 radical (unpaired) electrons. The van der Waals surface area contributed by atoms with E-state index in [1.165, 1.54) is 11.3 Å². The molecule has 0 bridgehead atoms. The summed E-state index contributed by atoms with van der Waals surface area (Å²) in [7, 11) is 0. The van der Waals surface area contributed by atoms with Crippen molar-refractivity contribution in [1.29, 1.82) is 0 Å². The van der Waals surface area contributed by atoms with Gasteiger partial charge in [-0.2, -0.15) is 0 Å². The molecular weight excluding hydrogens is 250 g/mol. The van der Waals surface area contributed by atoms with Gasteiger partial charge in [-0.15, -0.1) is 11.3 Å². The maximum atomic E-state index is 11.6. The number of hydrogen-bond donors (Lipinski definition) is 1. The number of carbonyl (C=O) groups excluding carboxylic acids is 1. The summed E-state index contributed by atoms with van der Waals surface area (Å²) in [6, 6.07) is 1.83. The second kappa shape index (κ2) is 3.80. The van der Waals surface area contributed by atoms with E-state index >= 15 is 0 Å². The Morgan fingerprint density at radius 1 is 1.54 bits per heavy atom. The van der Waals surface area contributed by atoms with E-state index in [-0.39, 0.29) is 11.4 Å². The molecule has 0 spiro atoms. The first-order chi connectivity index (χ1) is 5.88. The average Bonchev–Trinajstić information content (AvgIpc) is 2.31. The molecule has 4 heteroatoms. The summed E-state index contributed by atoms with van der Waals surface area (Å²) in [6.45, 7) is 5.90. The quantitative estimate of drug-likeness (QED) is 0.828. The third-order valence-electron chi connectivity index (χ3n) is 1.28. The zero-order valence-electron chi connectivity index (χ0n) is 7.85. The molecule has 1 amide bonds. The molecule has 0 aromatic carbocycles. The van der Waals surface area contributed by atoms with Gasteiger partial charge in [0.05, 0.1) is 4.88 Å². The number of amides is 1. The van der Waals surface area contributed by atoms with Gasteiger partial charge in [-0.3, -0.25) is 4.79 Å². The zero-order chi connectivity index (χ0) is 10.1. The Morgan fingerprint density at radius 2 is 2.15 bits per heavy atom. The van der Waals surface area contributed by atoms with Gasteiger partial charge in [0, 0.05) is 15.4 Å². The Balaban J connectivity index is 2.70. The van der Waals surface area contributed by atoms with Crippen LogP contribution in [0.25, 0.3) is 0 Å². The van der Waals surface area contributed by atoms with Gasteiger partial charge in [0.2, 0.25) is 0 Å². The van der Waals surface area contributed by atoms with E-state index < -0.39 is 0 Å². The summed E-state index contributed by atoms with van der Waals surface area (Å²) in [5, 5.41) is 4.80. The van der Waals surface area contributed by atoms with Crippen molar-refractivity contribution in [2.75, 3.05) is 0 Å². The highest BCUT2D eigenvalue weighted by atomic mass is 79.9. The Hall–Kier alpha value is -0.350. The summed E-state index contributed by atoms with van der Waals surface area (Å²) < 4.78 is 0.955. The second-order valence-corrected chi connectivity index (χ2v) is 5.66. The molecule has 0 aliphatic heterocycles. The fourth-order valence-electron chi connectivity index (χ4n) is 0.834. The van der Waals surface area contributed by atoms with Gasteiger partial charge in [0.1, 0.15) is 0 Å². The standard InChI is InChI=1S/C9H12BrNOS/c1-9(2,3)11-8(12)7-4-6(10)5-13-7/h4-5H,1-3H3,(H,11,12). The van der Waals surface area contributed by atoms with Crippen LogP contribution in [0.4, 0.5) is 0 Å². The molecule has 0 saturated heterocycles. The molecule has 0 saturated carbocycles. The van der Waals surface area contributed by atoms with Gasteiger partial charge < -0.3 is 5.32 Å². The minimum atomic E-state index is -0.173. The van der Waals surface area contributed by atoms with E-state index in [9.17, 15) is 4.79 Å². The van der Waals surface area contributed by atoms with Crippen LogP contribution in [0.5, 0.6) is 0 Å². The van der Waals surface area contributed by atoms with Crippen molar-refractivity contribution >= 4 is 33.2 Å². The van der Waals surface area contributed by atoms with Crippen LogP contribution in [0.1, 0.15) is 30.4 Å². The fraction of sp³-hybridized carbons (Fsp3) is 0.444.